The van der Waals surface area contributed by atoms with Crippen molar-refractivity contribution < 1.29 is 19.6 Å². The van der Waals surface area contributed by atoms with Gasteiger partial charge in [0.05, 0.1) is 10.5 Å². The van der Waals surface area contributed by atoms with Crippen LogP contribution in [0.1, 0.15) is 16.8 Å². The number of halogens is 1. The highest BCUT2D eigenvalue weighted by Gasteiger charge is 2.36. The lowest BCUT2D eigenvalue weighted by Gasteiger charge is -2.18. The van der Waals surface area contributed by atoms with Gasteiger partial charge in [-0.3, -0.25) is 14.9 Å². The van der Waals surface area contributed by atoms with E-state index in [0.717, 1.165) is 4.90 Å². The molecule has 1 aromatic rings. The van der Waals surface area contributed by atoms with E-state index in [1.807, 2.05) is 0 Å². The van der Waals surface area contributed by atoms with Crippen molar-refractivity contribution in [1.82, 2.24) is 0 Å². The first-order valence-electron chi connectivity index (χ1n) is 5.82. The third-order valence-electron chi connectivity index (χ3n) is 3.14. The Bertz CT molecular complexity index is 557. The van der Waals surface area contributed by atoms with Crippen LogP contribution in [0, 0.1) is 16.0 Å². The van der Waals surface area contributed by atoms with Crippen LogP contribution in [0.4, 0.5) is 11.4 Å². The number of carbonyl (C=O) groups excluding carboxylic acids is 1. The van der Waals surface area contributed by atoms with Crippen molar-refractivity contribution >= 4 is 34.9 Å². The number of para-hydroxylation sites is 1. The van der Waals surface area contributed by atoms with E-state index < -0.39 is 16.6 Å². The number of alkyl halides is 1. The lowest BCUT2D eigenvalue weighted by molar-refractivity contribution is -0.384. The van der Waals surface area contributed by atoms with Crippen molar-refractivity contribution in [2.24, 2.45) is 5.92 Å². The van der Waals surface area contributed by atoms with Crippen LogP contribution in [0.2, 0.25) is 0 Å². The molecule has 8 heteroatoms. The fraction of sp³-hybridized carbons (Fsp3) is 0.333. The summed E-state index contributed by atoms with van der Waals surface area (Å²) < 4.78 is 0. The second-order valence-electron chi connectivity index (χ2n) is 4.46. The molecule has 1 fully saturated rings. The molecule has 1 saturated heterocycles. The molecule has 0 aliphatic carbocycles. The Morgan fingerprint density at radius 2 is 2.25 bits per heavy atom. The molecule has 1 amide bonds. The molecule has 106 valence electrons. The first-order chi connectivity index (χ1) is 9.45. The highest BCUT2D eigenvalue weighted by molar-refractivity contribution is 6.18. The van der Waals surface area contributed by atoms with Gasteiger partial charge in [0, 0.05) is 24.9 Å². The molecule has 1 heterocycles. The number of carboxylic acid groups (broad SMARTS) is 1. The van der Waals surface area contributed by atoms with Gasteiger partial charge in [0.1, 0.15) is 5.69 Å². The molecule has 1 unspecified atom stereocenters. The molecule has 0 aromatic heterocycles. The van der Waals surface area contributed by atoms with Crippen molar-refractivity contribution in [2.45, 2.75) is 6.42 Å². The molecule has 1 N–H and O–H groups in total. The number of nitro benzene ring substituents is 1. The minimum absolute atomic E-state index is 0.134. The fourth-order valence-corrected chi connectivity index (χ4v) is 2.44. The Kier molecular flexibility index (Phi) is 3.89. The van der Waals surface area contributed by atoms with Crippen LogP contribution < -0.4 is 4.90 Å². The normalized spacial score (nSPS) is 18.4. The van der Waals surface area contributed by atoms with Gasteiger partial charge in [-0.1, -0.05) is 6.07 Å². The van der Waals surface area contributed by atoms with E-state index in [-0.39, 0.29) is 41.9 Å². The highest BCUT2D eigenvalue weighted by atomic mass is 35.5. The van der Waals surface area contributed by atoms with Gasteiger partial charge < -0.3 is 10.0 Å². The van der Waals surface area contributed by atoms with Gasteiger partial charge in [-0.15, -0.1) is 11.6 Å². The number of rotatable bonds is 4. The van der Waals surface area contributed by atoms with Gasteiger partial charge in [-0.05, 0) is 12.0 Å². The minimum Gasteiger partial charge on any atom is -0.478 e. The average molecular weight is 299 g/mol. The zero-order valence-electron chi connectivity index (χ0n) is 10.3. The predicted molar refractivity (Wildman–Crippen MR) is 71.2 cm³/mol. The van der Waals surface area contributed by atoms with Crippen molar-refractivity contribution in [1.29, 1.82) is 0 Å². The zero-order valence-corrected chi connectivity index (χ0v) is 11.0. The molecule has 20 heavy (non-hydrogen) atoms. The smallest absolute Gasteiger partial charge is 0.338 e. The summed E-state index contributed by atoms with van der Waals surface area (Å²) in [6, 6.07) is 3.71. The van der Waals surface area contributed by atoms with E-state index in [0.29, 0.717) is 0 Å². The zero-order chi connectivity index (χ0) is 14.9. The second-order valence-corrected chi connectivity index (χ2v) is 4.77. The average Bonchev–Trinajstić information content (AvgIpc) is 2.78. The molecule has 2 rings (SSSR count). The summed E-state index contributed by atoms with van der Waals surface area (Å²) in [5.41, 5.74) is -0.820. The number of amides is 1. The van der Waals surface area contributed by atoms with Crippen molar-refractivity contribution in [3.63, 3.8) is 0 Å². The van der Waals surface area contributed by atoms with Gasteiger partial charge in [0.2, 0.25) is 5.91 Å². The van der Waals surface area contributed by atoms with E-state index in [1.165, 1.54) is 18.2 Å². The van der Waals surface area contributed by atoms with Gasteiger partial charge in [0.15, 0.2) is 0 Å². The fourth-order valence-electron chi connectivity index (χ4n) is 2.24. The minimum atomic E-state index is -1.31. The molecule has 1 aliphatic heterocycles. The Morgan fingerprint density at radius 1 is 1.55 bits per heavy atom. The van der Waals surface area contributed by atoms with Crippen molar-refractivity contribution in [3.05, 3.63) is 33.9 Å². The molecule has 0 radical (unpaired) electrons. The molecule has 1 atom stereocenters. The van der Waals surface area contributed by atoms with Crippen LogP contribution in [0.3, 0.4) is 0 Å². The lowest BCUT2D eigenvalue weighted by Crippen LogP contribution is -2.27. The predicted octanol–water partition coefficient (Wildman–Crippen LogP) is 1.88. The number of hydrogen-bond donors (Lipinski definition) is 1. The number of carboxylic acids is 1. The lowest BCUT2D eigenvalue weighted by atomic mass is 10.1. The summed E-state index contributed by atoms with van der Waals surface area (Å²) >= 11 is 5.70. The van der Waals surface area contributed by atoms with Crippen LogP contribution in [0.5, 0.6) is 0 Å². The van der Waals surface area contributed by atoms with Crippen LogP contribution in [0.25, 0.3) is 0 Å². The summed E-state index contributed by atoms with van der Waals surface area (Å²) in [6.45, 7) is 0.188. The van der Waals surface area contributed by atoms with Crippen molar-refractivity contribution in [3.8, 4) is 0 Å². The first-order valence-corrected chi connectivity index (χ1v) is 6.36. The van der Waals surface area contributed by atoms with Gasteiger partial charge in [-0.2, -0.15) is 0 Å². The van der Waals surface area contributed by atoms with E-state index in [4.69, 9.17) is 16.7 Å². The van der Waals surface area contributed by atoms with E-state index in [1.54, 1.807) is 0 Å². The van der Waals surface area contributed by atoms with Gasteiger partial charge in [0.25, 0.3) is 5.69 Å². The molecular weight excluding hydrogens is 288 g/mol. The van der Waals surface area contributed by atoms with Gasteiger partial charge in [-0.25, -0.2) is 4.79 Å². The maximum absolute atomic E-state index is 11.9. The topological polar surface area (TPSA) is 101 Å². The Balaban J connectivity index is 2.56. The number of nitro groups is 1. The number of carbonyl (C=O) groups is 2. The Morgan fingerprint density at radius 3 is 2.75 bits per heavy atom. The van der Waals surface area contributed by atoms with Crippen LogP contribution >= 0.6 is 11.6 Å². The third-order valence-corrected chi connectivity index (χ3v) is 3.57. The standard InChI is InChI=1S/C12H11ClN2O5/c13-5-7-4-10(16)14(6-7)11-8(12(17)18)2-1-3-9(11)15(19)20/h1-3,7H,4-6H2,(H,17,18). The highest BCUT2D eigenvalue weighted by Crippen LogP contribution is 2.36. The summed E-state index contributed by atoms with van der Waals surface area (Å²) in [6.07, 6.45) is 0.161. The van der Waals surface area contributed by atoms with Crippen molar-refractivity contribution in [2.75, 3.05) is 17.3 Å². The number of anilines is 1. The maximum atomic E-state index is 11.9. The second kappa shape index (κ2) is 5.46. The number of hydrogen-bond acceptors (Lipinski definition) is 4. The molecule has 1 aliphatic rings. The largest absolute Gasteiger partial charge is 0.478 e. The summed E-state index contributed by atoms with van der Waals surface area (Å²) in [5.74, 6) is -1.56. The van der Waals surface area contributed by atoms with E-state index >= 15 is 0 Å². The number of aromatic carboxylic acids is 1. The SMILES string of the molecule is O=C(O)c1cccc([N+](=O)[O-])c1N1CC(CCl)CC1=O. The van der Waals surface area contributed by atoms with Crippen LogP contribution in [0.15, 0.2) is 18.2 Å². The monoisotopic (exact) mass is 298 g/mol. The van der Waals surface area contributed by atoms with Crippen LogP contribution in [-0.4, -0.2) is 34.3 Å². The first kappa shape index (κ1) is 14.3. The van der Waals surface area contributed by atoms with Gasteiger partial charge >= 0.3 is 5.97 Å². The molecule has 1 aromatic carbocycles. The maximum Gasteiger partial charge on any atom is 0.338 e. The van der Waals surface area contributed by atoms with Crippen LogP contribution in [-0.2, 0) is 4.79 Å². The van der Waals surface area contributed by atoms with E-state index in [2.05, 4.69) is 0 Å². The molecular formula is C12H11ClN2O5. The molecule has 0 saturated carbocycles. The summed E-state index contributed by atoms with van der Waals surface area (Å²) in [7, 11) is 0. The molecule has 0 bridgehead atoms. The molecule has 0 spiro atoms. The Labute approximate surface area is 118 Å². The Hall–Kier alpha value is -2.15. The third kappa shape index (κ3) is 2.44. The van der Waals surface area contributed by atoms with E-state index in [9.17, 15) is 19.7 Å². The quantitative estimate of drug-likeness (QED) is 0.519. The summed E-state index contributed by atoms with van der Waals surface area (Å²) in [5, 5.41) is 20.2. The molecule has 7 nitrogen and oxygen atoms in total. The summed E-state index contributed by atoms with van der Waals surface area (Å²) in [4.78, 5) is 34.7. The number of nitrogens with zero attached hydrogens (tertiary/aromatic N) is 2. The number of benzene rings is 1.